The Labute approximate surface area is 146 Å². The first-order valence-corrected chi connectivity index (χ1v) is 8.80. The molecule has 0 saturated heterocycles. The fourth-order valence-electron chi connectivity index (χ4n) is 2.40. The number of nitrogens with one attached hydrogen (secondary N) is 1. The van der Waals surface area contributed by atoms with E-state index in [2.05, 4.69) is 56.4 Å². The second-order valence-corrected chi connectivity index (χ2v) is 6.14. The molecule has 2 rings (SSSR count). The highest BCUT2D eigenvalue weighted by atomic mass is 16.5. The summed E-state index contributed by atoms with van der Waals surface area (Å²) in [5.74, 6) is 1.66. The van der Waals surface area contributed by atoms with Crippen LogP contribution in [0.25, 0.3) is 0 Å². The first-order valence-electron chi connectivity index (χ1n) is 8.80. The highest BCUT2D eigenvalue weighted by molar-refractivity contribution is 5.46. The summed E-state index contributed by atoms with van der Waals surface area (Å²) in [5, 5.41) is 3.53. The minimum Gasteiger partial charge on any atom is -0.490 e. The molecular weight excluding hydrogens is 298 g/mol. The molecule has 0 aliphatic carbocycles. The van der Waals surface area contributed by atoms with E-state index in [1.54, 1.807) is 0 Å². The Hall–Kier alpha value is -2.00. The monoisotopic (exact) mass is 327 g/mol. The van der Waals surface area contributed by atoms with Gasteiger partial charge in [-0.15, -0.1) is 0 Å². The largest absolute Gasteiger partial charge is 0.490 e. The molecule has 0 radical (unpaired) electrons. The van der Waals surface area contributed by atoms with Crippen LogP contribution in [-0.4, -0.2) is 12.6 Å². The van der Waals surface area contributed by atoms with Gasteiger partial charge in [0.2, 0.25) is 0 Å². The standard InChI is InChI=1S/C21H29NO2/c1-5-17(4)22-14-19-8-7-9-20(23-6-2)21(19)24-15-18-12-10-16(3)11-13-18/h7-13,17,22H,5-6,14-15H2,1-4H3. The van der Waals surface area contributed by atoms with E-state index in [9.17, 15) is 0 Å². The molecule has 0 saturated carbocycles. The summed E-state index contributed by atoms with van der Waals surface area (Å²) in [6.45, 7) is 10.4. The van der Waals surface area contributed by atoms with Crippen molar-refractivity contribution in [2.45, 2.75) is 53.3 Å². The summed E-state index contributed by atoms with van der Waals surface area (Å²) in [6, 6.07) is 15.0. The van der Waals surface area contributed by atoms with E-state index >= 15 is 0 Å². The number of para-hydroxylation sites is 1. The van der Waals surface area contributed by atoms with E-state index in [1.165, 1.54) is 5.56 Å². The average molecular weight is 327 g/mol. The molecule has 1 atom stereocenters. The molecule has 0 fully saturated rings. The van der Waals surface area contributed by atoms with Gasteiger partial charge < -0.3 is 14.8 Å². The molecule has 3 heteroatoms. The van der Waals surface area contributed by atoms with E-state index in [4.69, 9.17) is 9.47 Å². The molecule has 1 N–H and O–H groups in total. The minimum atomic E-state index is 0.477. The van der Waals surface area contributed by atoms with Crippen molar-refractivity contribution in [1.82, 2.24) is 5.32 Å². The van der Waals surface area contributed by atoms with Crippen LogP contribution in [-0.2, 0) is 13.2 Å². The van der Waals surface area contributed by atoms with Crippen molar-refractivity contribution in [1.29, 1.82) is 0 Å². The Balaban J connectivity index is 2.15. The molecule has 0 heterocycles. The van der Waals surface area contributed by atoms with Crippen LogP contribution in [0.15, 0.2) is 42.5 Å². The molecule has 3 nitrogen and oxygen atoms in total. The lowest BCUT2D eigenvalue weighted by atomic mass is 10.1. The smallest absolute Gasteiger partial charge is 0.166 e. The maximum absolute atomic E-state index is 6.15. The second-order valence-electron chi connectivity index (χ2n) is 6.14. The minimum absolute atomic E-state index is 0.477. The van der Waals surface area contributed by atoms with Crippen molar-refractivity contribution in [2.75, 3.05) is 6.61 Å². The molecule has 130 valence electrons. The third-order valence-corrected chi connectivity index (χ3v) is 4.12. The number of benzene rings is 2. The zero-order chi connectivity index (χ0) is 17.4. The Morgan fingerprint density at radius 2 is 1.75 bits per heavy atom. The van der Waals surface area contributed by atoms with Gasteiger partial charge in [-0.1, -0.05) is 48.9 Å². The van der Waals surface area contributed by atoms with E-state index in [1.807, 2.05) is 19.1 Å². The highest BCUT2D eigenvalue weighted by Crippen LogP contribution is 2.32. The molecule has 2 aromatic rings. The average Bonchev–Trinajstić information content (AvgIpc) is 2.60. The van der Waals surface area contributed by atoms with Crippen LogP contribution >= 0.6 is 0 Å². The third kappa shape index (κ3) is 5.27. The van der Waals surface area contributed by atoms with Gasteiger partial charge >= 0.3 is 0 Å². The van der Waals surface area contributed by atoms with Gasteiger partial charge in [0, 0.05) is 18.2 Å². The fourth-order valence-corrected chi connectivity index (χ4v) is 2.40. The molecule has 0 aromatic heterocycles. The van der Waals surface area contributed by atoms with E-state index in [0.717, 1.165) is 35.6 Å². The fraction of sp³-hybridized carbons (Fsp3) is 0.429. The molecule has 2 aromatic carbocycles. The number of ether oxygens (including phenoxy) is 2. The van der Waals surface area contributed by atoms with Crippen LogP contribution in [0.3, 0.4) is 0 Å². The topological polar surface area (TPSA) is 30.5 Å². The van der Waals surface area contributed by atoms with Crippen molar-refractivity contribution in [3.8, 4) is 11.5 Å². The van der Waals surface area contributed by atoms with Crippen molar-refractivity contribution < 1.29 is 9.47 Å². The molecular formula is C21H29NO2. The lowest BCUT2D eigenvalue weighted by molar-refractivity contribution is 0.265. The van der Waals surface area contributed by atoms with Crippen molar-refractivity contribution in [2.24, 2.45) is 0 Å². The van der Waals surface area contributed by atoms with Crippen LogP contribution in [0.2, 0.25) is 0 Å². The van der Waals surface area contributed by atoms with E-state index in [0.29, 0.717) is 19.3 Å². The highest BCUT2D eigenvalue weighted by Gasteiger charge is 2.12. The normalized spacial score (nSPS) is 12.0. The summed E-state index contributed by atoms with van der Waals surface area (Å²) in [4.78, 5) is 0. The van der Waals surface area contributed by atoms with Gasteiger partial charge in [-0.3, -0.25) is 0 Å². The Morgan fingerprint density at radius 1 is 1.00 bits per heavy atom. The SMILES string of the molecule is CCOc1cccc(CNC(C)CC)c1OCc1ccc(C)cc1. The molecule has 0 bridgehead atoms. The van der Waals surface area contributed by atoms with Crippen molar-refractivity contribution >= 4 is 0 Å². The van der Waals surface area contributed by atoms with Crippen LogP contribution < -0.4 is 14.8 Å². The van der Waals surface area contributed by atoms with Gasteiger partial charge in [-0.25, -0.2) is 0 Å². The van der Waals surface area contributed by atoms with Gasteiger partial charge in [-0.2, -0.15) is 0 Å². The Bertz CT molecular complexity index is 622. The van der Waals surface area contributed by atoms with Crippen LogP contribution in [0.1, 0.15) is 43.9 Å². The Morgan fingerprint density at radius 3 is 2.42 bits per heavy atom. The number of hydrogen-bond donors (Lipinski definition) is 1. The predicted octanol–water partition coefficient (Wildman–Crippen LogP) is 4.86. The first kappa shape index (κ1) is 18.3. The molecule has 1 unspecified atom stereocenters. The molecule has 0 amide bonds. The zero-order valence-corrected chi connectivity index (χ0v) is 15.3. The van der Waals surface area contributed by atoms with Gasteiger partial charge in [-0.05, 0) is 38.8 Å². The van der Waals surface area contributed by atoms with Gasteiger partial charge in [0.25, 0.3) is 0 Å². The summed E-state index contributed by atoms with van der Waals surface area (Å²) in [7, 11) is 0. The van der Waals surface area contributed by atoms with Crippen LogP contribution in [0.4, 0.5) is 0 Å². The predicted molar refractivity (Wildman–Crippen MR) is 99.7 cm³/mol. The maximum atomic E-state index is 6.15. The lowest BCUT2D eigenvalue weighted by Gasteiger charge is -2.18. The van der Waals surface area contributed by atoms with Crippen LogP contribution in [0, 0.1) is 6.92 Å². The Kier molecular flexibility index (Phi) is 7.13. The third-order valence-electron chi connectivity index (χ3n) is 4.12. The number of hydrogen-bond acceptors (Lipinski definition) is 3. The van der Waals surface area contributed by atoms with E-state index < -0.39 is 0 Å². The quantitative estimate of drug-likeness (QED) is 0.713. The summed E-state index contributed by atoms with van der Waals surface area (Å²) in [6.07, 6.45) is 1.10. The summed E-state index contributed by atoms with van der Waals surface area (Å²) in [5.41, 5.74) is 3.55. The number of rotatable bonds is 9. The van der Waals surface area contributed by atoms with Gasteiger partial charge in [0.1, 0.15) is 6.61 Å². The summed E-state index contributed by atoms with van der Waals surface area (Å²) < 4.78 is 11.9. The second kappa shape index (κ2) is 9.33. The van der Waals surface area contributed by atoms with E-state index in [-0.39, 0.29) is 0 Å². The summed E-state index contributed by atoms with van der Waals surface area (Å²) >= 11 is 0. The van der Waals surface area contributed by atoms with Crippen molar-refractivity contribution in [3.05, 3.63) is 59.2 Å². The van der Waals surface area contributed by atoms with Gasteiger partial charge in [0.05, 0.1) is 6.61 Å². The first-order chi connectivity index (χ1) is 11.6. The van der Waals surface area contributed by atoms with Gasteiger partial charge in [0.15, 0.2) is 11.5 Å². The maximum Gasteiger partial charge on any atom is 0.166 e. The molecule has 0 spiro atoms. The molecule has 0 aliphatic rings. The molecule has 0 aliphatic heterocycles. The zero-order valence-electron chi connectivity index (χ0n) is 15.3. The van der Waals surface area contributed by atoms with Crippen molar-refractivity contribution in [3.63, 3.8) is 0 Å². The number of aryl methyl sites for hydroxylation is 1. The molecule has 24 heavy (non-hydrogen) atoms. The van der Waals surface area contributed by atoms with Crippen LogP contribution in [0.5, 0.6) is 11.5 Å². The lowest BCUT2D eigenvalue weighted by Crippen LogP contribution is -2.24.